The molecule has 0 amide bonds. The highest BCUT2D eigenvalue weighted by Gasteiger charge is 2.15. The lowest BCUT2D eigenvalue weighted by molar-refractivity contribution is 0.0462. The van der Waals surface area contributed by atoms with Crippen molar-refractivity contribution in [2.75, 3.05) is 24.7 Å². The van der Waals surface area contributed by atoms with Gasteiger partial charge in [-0.25, -0.2) is 4.79 Å². The molecule has 0 saturated carbocycles. The van der Waals surface area contributed by atoms with Gasteiger partial charge in [0.05, 0.1) is 5.56 Å². The third kappa shape index (κ3) is 4.41. The summed E-state index contributed by atoms with van der Waals surface area (Å²) in [5, 5.41) is 0. The second-order valence-electron chi connectivity index (χ2n) is 6.71. The van der Waals surface area contributed by atoms with E-state index < -0.39 is 5.97 Å². The van der Waals surface area contributed by atoms with Crippen molar-refractivity contribution in [3.05, 3.63) is 41.2 Å². The molecule has 0 fully saturated rings. The molecule has 0 aliphatic heterocycles. The Morgan fingerprint density at radius 2 is 1.75 bits per heavy atom. The van der Waals surface area contributed by atoms with Crippen LogP contribution < -0.4 is 10.6 Å². The maximum absolute atomic E-state index is 12.1. The van der Waals surface area contributed by atoms with Gasteiger partial charge in [-0.05, 0) is 23.1 Å². The van der Waals surface area contributed by atoms with Crippen LogP contribution in [0.5, 0.6) is 0 Å². The first-order valence-corrected chi connectivity index (χ1v) is 7.62. The van der Waals surface area contributed by atoms with Crippen molar-refractivity contribution in [2.24, 2.45) is 0 Å². The summed E-state index contributed by atoms with van der Waals surface area (Å²) in [6, 6.07) is 7.38. The molecule has 0 bridgehead atoms. The molecule has 0 aliphatic rings. The molecule has 2 rings (SSSR count). The number of esters is 1. The van der Waals surface area contributed by atoms with Gasteiger partial charge in [0.15, 0.2) is 12.4 Å². The molecular formula is C17H23N5O2. The van der Waals surface area contributed by atoms with Crippen molar-refractivity contribution in [1.29, 1.82) is 0 Å². The summed E-state index contributed by atoms with van der Waals surface area (Å²) >= 11 is 0. The summed E-state index contributed by atoms with van der Waals surface area (Å²) < 4.78 is 5.26. The molecule has 1 aromatic heterocycles. The van der Waals surface area contributed by atoms with Crippen LogP contribution in [0.25, 0.3) is 0 Å². The highest BCUT2D eigenvalue weighted by Crippen LogP contribution is 2.22. The Labute approximate surface area is 141 Å². The second kappa shape index (κ2) is 6.82. The first-order chi connectivity index (χ1) is 11.2. The topological polar surface area (TPSA) is 94.2 Å². The molecule has 2 aromatic rings. The van der Waals surface area contributed by atoms with E-state index in [2.05, 4.69) is 35.7 Å². The van der Waals surface area contributed by atoms with E-state index in [1.165, 1.54) is 0 Å². The highest BCUT2D eigenvalue weighted by atomic mass is 16.5. The van der Waals surface area contributed by atoms with Gasteiger partial charge in [0, 0.05) is 14.1 Å². The number of rotatable bonds is 4. The van der Waals surface area contributed by atoms with Gasteiger partial charge in [-0.1, -0.05) is 32.9 Å². The van der Waals surface area contributed by atoms with Crippen LogP contribution >= 0.6 is 0 Å². The van der Waals surface area contributed by atoms with E-state index >= 15 is 0 Å². The highest BCUT2D eigenvalue weighted by molar-refractivity contribution is 5.89. The van der Waals surface area contributed by atoms with E-state index in [0.717, 1.165) is 5.56 Å². The van der Waals surface area contributed by atoms with Gasteiger partial charge in [-0.3, -0.25) is 0 Å². The molecule has 0 radical (unpaired) electrons. The molecule has 1 heterocycles. The van der Waals surface area contributed by atoms with Crippen molar-refractivity contribution < 1.29 is 9.53 Å². The van der Waals surface area contributed by atoms with Crippen LogP contribution in [0.15, 0.2) is 24.3 Å². The largest absolute Gasteiger partial charge is 0.454 e. The van der Waals surface area contributed by atoms with Crippen LogP contribution in [0.3, 0.4) is 0 Å². The van der Waals surface area contributed by atoms with Gasteiger partial charge in [-0.2, -0.15) is 15.0 Å². The number of nitrogen functional groups attached to an aromatic ring is 1. The number of benzene rings is 1. The molecule has 128 valence electrons. The van der Waals surface area contributed by atoms with Crippen molar-refractivity contribution in [1.82, 2.24) is 15.0 Å². The summed E-state index contributed by atoms with van der Waals surface area (Å²) in [6.07, 6.45) is 0. The van der Waals surface area contributed by atoms with Gasteiger partial charge in [-0.15, -0.1) is 0 Å². The van der Waals surface area contributed by atoms with Gasteiger partial charge >= 0.3 is 5.97 Å². The fraction of sp³-hybridized carbons (Fsp3) is 0.412. The summed E-state index contributed by atoms with van der Waals surface area (Å²) in [6.45, 7) is 6.29. The van der Waals surface area contributed by atoms with Gasteiger partial charge in [0.1, 0.15) is 0 Å². The van der Waals surface area contributed by atoms with Crippen LogP contribution in [0.4, 0.5) is 11.9 Å². The molecule has 0 aliphatic carbocycles. The molecule has 7 heteroatoms. The third-order valence-electron chi connectivity index (χ3n) is 3.41. The zero-order valence-electron chi connectivity index (χ0n) is 14.7. The Hall–Kier alpha value is -2.70. The first-order valence-electron chi connectivity index (χ1n) is 7.62. The predicted octanol–water partition coefficient (Wildman–Crippen LogP) is 2.17. The maximum atomic E-state index is 12.1. The van der Waals surface area contributed by atoms with E-state index in [4.69, 9.17) is 10.5 Å². The summed E-state index contributed by atoms with van der Waals surface area (Å²) in [7, 11) is 3.59. The molecule has 24 heavy (non-hydrogen) atoms. The zero-order chi connectivity index (χ0) is 17.9. The summed E-state index contributed by atoms with van der Waals surface area (Å²) in [5.41, 5.74) is 7.31. The number of aromatic nitrogens is 3. The molecule has 0 unspecified atom stereocenters. The molecule has 0 spiro atoms. The van der Waals surface area contributed by atoms with Crippen molar-refractivity contribution in [3.63, 3.8) is 0 Å². The minimum atomic E-state index is -0.430. The standard InChI is InChI=1S/C17H23N5O2/c1-17(2,3)12-8-6-11(7-9-12)14(23)24-10-13-19-15(18)21-16(20-13)22(4)5/h6-9H,10H2,1-5H3,(H2,18,19,20,21). The lowest BCUT2D eigenvalue weighted by Crippen LogP contribution is -2.17. The summed E-state index contributed by atoms with van der Waals surface area (Å²) in [4.78, 5) is 26.0. The lowest BCUT2D eigenvalue weighted by atomic mass is 9.87. The minimum Gasteiger partial charge on any atom is -0.454 e. The van der Waals surface area contributed by atoms with E-state index in [0.29, 0.717) is 17.3 Å². The Balaban J connectivity index is 2.05. The van der Waals surface area contributed by atoms with Crippen LogP contribution in [0.1, 0.15) is 42.5 Å². The lowest BCUT2D eigenvalue weighted by Gasteiger charge is -2.18. The number of carbonyl (C=O) groups excluding carboxylic acids is 1. The van der Waals surface area contributed by atoms with Crippen LogP contribution in [-0.4, -0.2) is 35.0 Å². The Morgan fingerprint density at radius 3 is 2.29 bits per heavy atom. The fourth-order valence-corrected chi connectivity index (χ4v) is 2.01. The molecular weight excluding hydrogens is 306 g/mol. The first kappa shape index (κ1) is 17.7. The predicted molar refractivity (Wildman–Crippen MR) is 92.8 cm³/mol. The van der Waals surface area contributed by atoms with E-state index in [1.807, 2.05) is 12.1 Å². The van der Waals surface area contributed by atoms with Crippen LogP contribution in [-0.2, 0) is 16.8 Å². The quantitative estimate of drug-likeness (QED) is 0.859. The monoisotopic (exact) mass is 329 g/mol. The Morgan fingerprint density at radius 1 is 1.12 bits per heavy atom. The number of nitrogens with zero attached hydrogens (tertiary/aromatic N) is 4. The number of ether oxygens (including phenoxy) is 1. The number of hydrogen-bond donors (Lipinski definition) is 1. The van der Waals surface area contributed by atoms with E-state index in [9.17, 15) is 4.79 Å². The van der Waals surface area contributed by atoms with E-state index in [1.54, 1.807) is 31.1 Å². The normalized spacial score (nSPS) is 11.2. The zero-order valence-corrected chi connectivity index (χ0v) is 14.7. The second-order valence-corrected chi connectivity index (χ2v) is 6.71. The average molecular weight is 329 g/mol. The molecule has 1 aromatic carbocycles. The van der Waals surface area contributed by atoms with Crippen molar-refractivity contribution in [3.8, 4) is 0 Å². The van der Waals surface area contributed by atoms with Gasteiger partial charge < -0.3 is 15.4 Å². The minimum absolute atomic E-state index is 0.0351. The number of carbonyl (C=O) groups is 1. The smallest absolute Gasteiger partial charge is 0.338 e. The van der Waals surface area contributed by atoms with E-state index in [-0.39, 0.29) is 18.0 Å². The van der Waals surface area contributed by atoms with Crippen LogP contribution in [0, 0.1) is 0 Å². The summed E-state index contributed by atoms with van der Waals surface area (Å²) in [5.74, 6) is 0.393. The maximum Gasteiger partial charge on any atom is 0.338 e. The molecule has 0 saturated heterocycles. The van der Waals surface area contributed by atoms with Gasteiger partial charge in [0.2, 0.25) is 11.9 Å². The molecule has 2 N–H and O–H groups in total. The van der Waals surface area contributed by atoms with Crippen LogP contribution in [0.2, 0.25) is 0 Å². The Bertz CT molecular complexity index is 721. The fourth-order valence-electron chi connectivity index (χ4n) is 2.01. The number of hydrogen-bond acceptors (Lipinski definition) is 7. The number of nitrogens with two attached hydrogens (primary N) is 1. The Kier molecular flexibility index (Phi) is 5.02. The number of anilines is 2. The van der Waals surface area contributed by atoms with Crippen molar-refractivity contribution in [2.45, 2.75) is 32.8 Å². The van der Waals surface area contributed by atoms with Gasteiger partial charge in [0.25, 0.3) is 0 Å². The molecule has 0 atom stereocenters. The van der Waals surface area contributed by atoms with Crippen molar-refractivity contribution >= 4 is 17.9 Å². The SMILES string of the molecule is CN(C)c1nc(N)nc(COC(=O)c2ccc(C(C)(C)C)cc2)n1. The average Bonchev–Trinajstić information content (AvgIpc) is 2.51. The molecule has 7 nitrogen and oxygen atoms in total. The third-order valence-corrected chi connectivity index (χ3v) is 3.41.